The lowest BCUT2D eigenvalue weighted by molar-refractivity contribution is -0.125. The van der Waals surface area contributed by atoms with Crippen molar-refractivity contribution in [2.75, 3.05) is 19.7 Å². The van der Waals surface area contributed by atoms with Crippen molar-refractivity contribution >= 4 is 5.91 Å². The summed E-state index contributed by atoms with van der Waals surface area (Å²) in [6.45, 7) is 6.67. The Kier molecular flexibility index (Phi) is 4.40. The molecule has 2 heterocycles. The molecule has 0 aromatic heterocycles. The van der Waals surface area contributed by atoms with Gasteiger partial charge < -0.3 is 15.4 Å². The molecule has 0 saturated carbocycles. The molecule has 98 valence electrons. The van der Waals surface area contributed by atoms with Gasteiger partial charge in [0.2, 0.25) is 5.91 Å². The van der Waals surface area contributed by atoms with Crippen molar-refractivity contribution in [1.29, 1.82) is 0 Å². The van der Waals surface area contributed by atoms with Gasteiger partial charge >= 0.3 is 0 Å². The number of hydrogen-bond acceptors (Lipinski definition) is 3. The summed E-state index contributed by atoms with van der Waals surface area (Å²) in [4.78, 5) is 11.9. The van der Waals surface area contributed by atoms with Crippen molar-refractivity contribution in [3.63, 3.8) is 0 Å². The minimum atomic E-state index is 0.0699. The Bertz CT molecular complexity index is 262. The van der Waals surface area contributed by atoms with Crippen LogP contribution in [0, 0.1) is 11.8 Å². The average Bonchev–Trinajstić information content (AvgIpc) is 2.75. The normalized spacial score (nSPS) is 38.0. The summed E-state index contributed by atoms with van der Waals surface area (Å²) in [5, 5.41) is 6.53. The van der Waals surface area contributed by atoms with Gasteiger partial charge in [0.15, 0.2) is 0 Å². The van der Waals surface area contributed by atoms with E-state index in [9.17, 15) is 4.79 Å². The molecule has 2 N–H and O–H groups in total. The van der Waals surface area contributed by atoms with Gasteiger partial charge in [-0.15, -0.1) is 0 Å². The van der Waals surface area contributed by atoms with Gasteiger partial charge in [0.25, 0.3) is 0 Å². The number of nitrogens with one attached hydrogen (secondary N) is 2. The predicted molar refractivity (Wildman–Crippen MR) is 66.7 cm³/mol. The van der Waals surface area contributed by atoms with Crippen molar-refractivity contribution in [2.24, 2.45) is 11.8 Å². The van der Waals surface area contributed by atoms with E-state index in [0.29, 0.717) is 18.6 Å². The van der Waals surface area contributed by atoms with Gasteiger partial charge in [-0.1, -0.05) is 0 Å². The quantitative estimate of drug-likeness (QED) is 0.771. The number of rotatable bonds is 3. The zero-order valence-electron chi connectivity index (χ0n) is 10.9. The molecule has 0 aromatic rings. The fourth-order valence-electron chi connectivity index (χ4n) is 2.62. The lowest BCUT2D eigenvalue weighted by atomic mass is 9.95. The molecule has 2 rings (SSSR count). The molecule has 4 atom stereocenters. The van der Waals surface area contributed by atoms with E-state index >= 15 is 0 Å². The van der Waals surface area contributed by atoms with Crippen LogP contribution in [0.1, 0.15) is 33.1 Å². The first-order chi connectivity index (χ1) is 8.15. The zero-order chi connectivity index (χ0) is 12.3. The van der Waals surface area contributed by atoms with Gasteiger partial charge in [0.05, 0.1) is 18.6 Å². The van der Waals surface area contributed by atoms with Crippen molar-refractivity contribution in [3.8, 4) is 0 Å². The maximum absolute atomic E-state index is 11.9. The second-order valence-corrected chi connectivity index (χ2v) is 5.57. The van der Waals surface area contributed by atoms with Crippen molar-refractivity contribution in [1.82, 2.24) is 10.6 Å². The topological polar surface area (TPSA) is 50.4 Å². The van der Waals surface area contributed by atoms with E-state index in [4.69, 9.17) is 4.74 Å². The predicted octanol–water partition coefficient (Wildman–Crippen LogP) is 0.916. The Balaban J connectivity index is 1.66. The van der Waals surface area contributed by atoms with E-state index in [0.717, 1.165) is 19.5 Å². The maximum Gasteiger partial charge on any atom is 0.225 e. The second kappa shape index (κ2) is 5.83. The highest BCUT2D eigenvalue weighted by molar-refractivity contribution is 5.79. The standard InChI is InChI=1S/C13H24N2O2/c1-9-3-4-11(6-14-9)7-15-13(16)12-5-10(2)17-8-12/h9-12,14H,3-8H2,1-2H3,(H,15,16). The molecule has 4 heteroatoms. The van der Waals surface area contributed by atoms with Crippen molar-refractivity contribution in [3.05, 3.63) is 0 Å². The maximum atomic E-state index is 11.9. The summed E-state index contributed by atoms with van der Waals surface area (Å²) >= 11 is 0. The van der Waals surface area contributed by atoms with E-state index in [-0.39, 0.29) is 17.9 Å². The highest BCUT2D eigenvalue weighted by atomic mass is 16.5. The van der Waals surface area contributed by atoms with Crippen LogP contribution in [0.3, 0.4) is 0 Å². The Morgan fingerprint density at radius 3 is 2.82 bits per heavy atom. The van der Waals surface area contributed by atoms with Crippen LogP contribution in [0.5, 0.6) is 0 Å². The van der Waals surface area contributed by atoms with Gasteiger partial charge in [0.1, 0.15) is 0 Å². The van der Waals surface area contributed by atoms with E-state index in [1.54, 1.807) is 0 Å². The SMILES string of the molecule is CC1CCC(CNC(=O)C2COC(C)C2)CN1. The molecule has 2 saturated heterocycles. The monoisotopic (exact) mass is 240 g/mol. The molecule has 2 fully saturated rings. The van der Waals surface area contributed by atoms with E-state index in [1.807, 2.05) is 6.92 Å². The molecule has 0 radical (unpaired) electrons. The van der Waals surface area contributed by atoms with Crippen molar-refractivity contribution < 1.29 is 9.53 Å². The van der Waals surface area contributed by atoms with Crippen LogP contribution >= 0.6 is 0 Å². The first-order valence-electron chi connectivity index (χ1n) is 6.78. The van der Waals surface area contributed by atoms with E-state index < -0.39 is 0 Å². The Morgan fingerprint density at radius 2 is 2.24 bits per heavy atom. The smallest absolute Gasteiger partial charge is 0.225 e. The minimum absolute atomic E-state index is 0.0699. The van der Waals surface area contributed by atoms with Crippen LogP contribution in [0.4, 0.5) is 0 Å². The van der Waals surface area contributed by atoms with Gasteiger partial charge in [0, 0.05) is 12.6 Å². The first-order valence-corrected chi connectivity index (χ1v) is 6.78. The largest absolute Gasteiger partial charge is 0.378 e. The minimum Gasteiger partial charge on any atom is -0.378 e. The number of piperidine rings is 1. The Morgan fingerprint density at radius 1 is 1.41 bits per heavy atom. The fraction of sp³-hybridized carbons (Fsp3) is 0.923. The average molecular weight is 240 g/mol. The molecule has 2 aliphatic heterocycles. The summed E-state index contributed by atoms with van der Waals surface area (Å²) in [5.41, 5.74) is 0. The molecular formula is C13H24N2O2. The first kappa shape index (κ1) is 12.8. The van der Waals surface area contributed by atoms with Crippen LogP contribution in [0.15, 0.2) is 0 Å². The molecule has 4 unspecified atom stereocenters. The van der Waals surface area contributed by atoms with Gasteiger partial charge in [-0.3, -0.25) is 4.79 Å². The zero-order valence-corrected chi connectivity index (χ0v) is 10.9. The molecule has 0 spiro atoms. The highest BCUT2D eigenvalue weighted by Gasteiger charge is 2.28. The third-order valence-electron chi connectivity index (χ3n) is 3.90. The third-order valence-corrected chi connectivity index (χ3v) is 3.90. The van der Waals surface area contributed by atoms with Crippen molar-refractivity contribution in [2.45, 2.75) is 45.3 Å². The number of carbonyl (C=O) groups is 1. The van der Waals surface area contributed by atoms with E-state index in [1.165, 1.54) is 12.8 Å². The summed E-state index contributed by atoms with van der Waals surface area (Å²) < 4.78 is 5.42. The van der Waals surface area contributed by atoms with Gasteiger partial charge in [-0.2, -0.15) is 0 Å². The van der Waals surface area contributed by atoms with Gasteiger partial charge in [-0.25, -0.2) is 0 Å². The summed E-state index contributed by atoms with van der Waals surface area (Å²) in [6, 6.07) is 0.631. The number of carbonyl (C=O) groups excluding carboxylic acids is 1. The fourth-order valence-corrected chi connectivity index (χ4v) is 2.62. The third kappa shape index (κ3) is 3.68. The van der Waals surface area contributed by atoms with Gasteiger partial charge in [-0.05, 0) is 45.6 Å². The summed E-state index contributed by atoms with van der Waals surface area (Å²) in [7, 11) is 0. The molecule has 0 aromatic carbocycles. The number of amides is 1. The van der Waals surface area contributed by atoms with Crippen LogP contribution in [0.2, 0.25) is 0 Å². The lowest BCUT2D eigenvalue weighted by Gasteiger charge is -2.28. The molecule has 0 aliphatic carbocycles. The summed E-state index contributed by atoms with van der Waals surface area (Å²) in [5.74, 6) is 0.836. The molecule has 17 heavy (non-hydrogen) atoms. The Labute approximate surface area is 103 Å². The van der Waals surface area contributed by atoms with Crippen LogP contribution in [0.25, 0.3) is 0 Å². The molecule has 1 amide bonds. The van der Waals surface area contributed by atoms with Crippen LogP contribution < -0.4 is 10.6 Å². The Hall–Kier alpha value is -0.610. The van der Waals surface area contributed by atoms with Crippen LogP contribution in [-0.4, -0.2) is 37.7 Å². The molecule has 2 aliphatic rings. The second-order valence-electron chi connectivity index (χ2n) is 5.57. The summed E-state index contributed by atoms with van der Waals surface area (Å²) in [6.07, 6.45) is 3.53. The number of ether oxygens (including phenoxy) is 1. The molecular weight excluding hydrogens is 216 g/mol. The molecule has 4 nitrogen and oxygen atoms in total. The lowest BCUT2D eigenvalue weighted by Crippen LogP contribution is -2.43. The van der Waals surface area contributed by atoms with E-state index in [2.05, 4.69) is 17.6 Å². The highest BCUT2D eigenvalue weighted by Crippen LogP contribution is 2.19. The van der Waals surface area contributed by atoms with Crippen LogP contribution in [-0.2, 0) is 9.53 Å². The number of hydrogen-bond donors (Lipinski definition) is 2. The molecule has 0 bridgehead atoms.